The molecule has 0 aliphatic carbocycles. The molecule has 1 heterocycles. The minimum atomic E-state index is 0.213. The summed E-state index contributed by atoms with van der Waals surface area (Å²) < 4.78 is 1.40. The predicted molar refractivity (Wildman–Crippen MR) is 131 cm³/mol. The van der Waals surface area contributed by atoms with Crippen LogP contribution >= 0.6 is 11.3 Å². The Morgan fingerprint density at radius 3 is 1.79 bits per heavy atom. The van der Waals surface area contributed by atoms with Gasteiger partial charge in [0, 0.05) is 9.58 Å². The first kappa shape index (κ1) is 21.3. The Morgan fingerprint density at radius 2 is 1.17 bits per heavy atom. The van der Waals surface area contributed by atoms with Crippen molar-refractivity contribution < 1.29 is 0 Å². The number of benzene rings is 3. The molecule has 0 atom stereocenters. The molecule has 0 aliphatic heterocycles. The van der Waals surface area contributed by atoms with Gasteiger partial charge in [0.05, 0.1) is 0 Å². The molecule has 0 spiro atoms. The Morgan fingerprint density at radius 1 is 0.552 bits per heavy atom. The van der Waals surface area contributed by atoms with E-state index in [4.69, 9.17) is 0 Å². The van der Waals surface area contributed by atoms with Crippen LogP contribution < -0.4 is 0 Å². The summed E-state index contributed by atoms with van der Waals surface area (Å²) >= 11 is 1.90. The number of hydrogen-bond acceptors (Lipinski definition) is 1. The van der Waals surface area contributed by atoms with Crippen molar-refractivity contribution >= 4 is 21.4 Å². The largest absolute Gasteiger partial charge is 0.140 e. The molecule has 4 aromatic rings. The van der Waals surface area contributed by atoms with Gasteiger partial charge in [-0.25, -0.2) is 0 Å². The van der Waals surface area contributed by atoms with Crippen molar-refractivity contribution in [2.45, 2.75) is 52.4 Å². The minimum absolute atomic E-state index is 0.213. The molecule has 0 saturated carbocycles. The lowest BCUT2D eigenvalue weighted by molar-refractivity contribution is 0.590. The highest BCUT2D eigenvalue weighted by atomic mass is 32.1. The topological polar surface area (TPSA) is 0 Å². The molecule has 0 unspecified atom stereocenters. The Bertz CT molecular complexity index is 1020. The summed E-state index contributed by atoms with van der Waals surface area (Å²) in [6.45, 7) is 13.5. The maximum Gasteiger partial charge on any atom is 0.0345 e. The first-order valence-electron chi connectivity index (χ1n) is 10.3. The van der Waals surface area contributed by atoms with Crippen molar-refractivity contribution in [1.82, 2.24) is 0 Å². The quantitative estimate of drug-likeness (QED) is 0.299. The molecule has 0 aliphatic rings. The van der Waals surface area contributed by atoms with Gasteiger partial charge in [-0.15, -0.1) is 11.3 Å². The smallest absolute Gasteiger partial charge is 0.0345 e. The average Bonchev–Trinajstić information content (AvgIpc) is 3.14. The zero-order valence-corrected chi connectivity index (χ0v) is 19.3. The standard InChI is InChI=1S/C16H18.C12H14S/c1-16(2,3)15-11-7-10-14(12-15)13-8-5-4-6-9-13;1-12(2,3)11-8-9-6-4-5-7-10(9)13-11/h4-12H,1-3H3;4-8H,1-3H3. The van der Waals surface area contributed by atoms with Gasteiger partial charge >= 0.3 is 0 Å². The number of fused-ring (bicyclic) bond motifs is 1. The summed E-state index contributed by atoms with van der Waals surface area (Å²) in [6.07, 6.45) is 0. The van der Waals surface area contributed by atoms with Gasteiger partial charge in [-0.3, -0.25) is 0 Å². The lowest BCUT2D eigenvalue weighted by Gasteiger charge is -2.19. The summed E-state index contributed by atoms with van der Waals surface area (Å²) in [5.41, 5.74) is 4.46. The maximum atomic E-state index is 2.31. The van der Waals surface area contributed by atoms with E-state index in [1.165, 1.54) is 31.7 Å². The minimum Gasteiger partial charge on any atom is -0.140 e. The molecule has 4 rings (SSSR count). The van der Waals surface area contributed by atoms with Crippen LogP contribution in [0.5, 0.6) is 0 Å². The average molecular weight is 401 g/mol. The molecule has 0 nitrogen and oxygen atoms in total. The van der Waals surface area contributed by atoms with E-state index in [0.717, 1.165) is 0 Å². The third-order valence-corrected chi connectivity index (χ3v) is 6.54. The fourth-order valence-corrected chi connectivity index (χ4v) is 4.27. The van der Waals surface area contributed by atoms with Gasteiger partial charge in [0.2, 0.25) is 0 Å². The van der Waals surface area contributed by atoms with Crippen molar-refractivity contribution in [3.05, 3.63) is 95.4 Å². The molecule has 0 bridgehead atoms. The van der Waals surface area contributed by atoms with Crippen LogP contribution in [0.4, 0.5) is 0 Å². The lowest BCUT2D eigenvalue weighted by Crippen LogP contribution is -2.10. The van der Waals surface area contributed by atoms with Gasteiger partial charge in [-0.1, -0.05) is 114 Å². The predicted octanol–water partition coefficient (Wildman–Crippen LogP) is 8.85. The Kier molecular flexibility index (Phi) is 6.29. The van der Waals surface area contributed by atoms with Crippen LogP contribution in [0.15, 0.2) is 84.9 Å². The summed E-state index contributed by atoms with van der Waals surface area (Å²) in [6, 6.07) is 30.2. The second kappa shape index (κ2) is 8.55. The van der Waals surface area contributed by atoms with Crippen LogP contribution in [-0.2, 0) is 10.8 Å². The van der Waals surface area contributed by atoms with E-state index in [-0.39, 0.29) is 10.8 Å². The van der Waals surface area contributed by atoms with E-state index in [2.05, 4.69) is 126 Å². The van der Waals surface area contributed by atoms with Crippen LogP contribution in [0.3, 0.4) is 0 Å². The molecular formula is C28H32S. The zero-order chi connectivity index (χ0) is 21.1. The fraction of sp³-hybridized carbons (Fsp3) is 0.286. The molecule has 1 heteroatoms. The monoisotopic (exact) mass is 400 g/mol. The van der Waals surface area contributed by atoms with E-state index in [1.807, 2.05) is 11.3 Å². The molecule has 0 radical (unpaired) electrons. The number of hydrogen-bond donors (Lipinski definition) is 0. The molecular weight excluding hydrogens is 368 g/mol. The molecule has 0 saturated heterocycles. The van der Waals surface area contributed by atoms with E-state index in [1.54, 1.807) is 0 Å². The van der Waals surface area contributed by atoms with Crippen LogP contribution in [0.1, 0.15) is 52.0 Å². The zero-order valence-electron chi connectivity index (χ0n) is 18.5. The van der Waals surface area contributed by atoms with E-state index < -0.39 is 0 Å². The van der Waals surface area contributed by atoms with Crippen molar-refractivity contribution in [2.24, 2.45) is 0 Å². The highest BCUT2D eigenvalue weighted by molar-refractivity contribution is 7.19. The van der Waals surface area contributed by atoms with Gasteiger partial charge in [0.15, 0.2) is 0 Å². The normalized spacial score (nSPS) is 11.8. The third kappa shape index (κ3) is 5.58. The SMILES string of the molecule is CC(C)(C)c1cc2ccccc2s1.CC(C)(C)c1cccc(-c2ccccc2)c1. The van der Waals surface area contributed by atoms with Gasteiger partial charge in [0.1, 0.15) is 0 Å². The summed E-state index contributed by atoms with van der Waals surface area (Å²) in [7, 11) is 0. The van der Waals surface area contributed by atoms with Crippen molar-refractivity contribution in [3.8, 4) is 11.1 Å². The fourth-order valence-electron chi connectivity index (χ4n) is 3.15. The first-order valence-corrected chi connectivity index (χ1v) is 11.1. The Labute approximate surface area is 180 Å². The molecule has 3 aromatic carbocycles. The summed E-state index contributed by atoms with van der Waals surface area (Å²) in [5, 5.41) is 1.37. The molecule has 0 fully saturated rings. The lowest BCUT2D eigenvalue weighted by atomic mass is 9.85. The van der Waals surface area contributed by atoms with Gasteiger partial charge in [0.25, 0.3) is 0 Å². The summed E-state index contributed by atoms with van der Waals surface area (Å²) in [5.74, 6) is 0. The maximum absolute atomic E-state index is 2.31. The van der Waals surface area contributed by atoms with Crippen LogP contribution in [-0.4, -0.2) is 0 Å². The van der Waals surface area contributed by atoms with Crippen molar-refractivity contribution in [3.63, 3.8) is 0 Å². The number of rotatable bonds is 1. The first-order chi connectivity index (χ1) is 13.6. The third-order valence-electron chi connectivity index (χ3n) is 5.00. The van der Waals surface area contributed by atoms with E-state index >= 15 is 0 Å². The number of thiophene rings is 1. The van der Waals surface area contributed by atoms with Crippen molar-refractivity contribution in [2.75, 3.05) is 0 Å². The van der Waals surface area contributed by atoms with E-state index in [0.29, 0.717) is 0 Å². The molecule has 0 amide bonds. The van der Waals surface area contributed by atoms with Crippen molar-refractivity contribution in [1.29, 1.82) is 0 Å². The highest BCUT2D eigenvalue weighted by Gasteiger charge is 2.16. The van der Waals surface area contributed by atoms with E-state index in [9.17, 15) is 0 Å². The summed E-state index contributed by atoms with van der Waals surface area (Å²) in [4.78, 5) is 1.47. The van der Waals surface area contributed by atoms with Gasteiger partial charge in [-0.05, 0) is 45.0 Å². The van der Waals surface area contributed by atoms with Crippen LogP contribution in [0, 0.1) is 0 Å². The second-order valence-electron chi connectivity index (χ2n) is 9.60. The van der Waals surface area contributed by atoms with Gasteiger partial charge < -0.3 is 0 Å². The molecule has 0 N–H and O–H groups in total. The van der Waals surface area contributed by atoms with Gasteiger partial charge in [-0.2, -0.15) is 0 Å². The molecule has 29 heavy (non-hydrogen) atoms. The highest BCUT2D eigenvalue weighted by Crippen LogP contribution is 2.33. The molecule has 150 valence electrons. The Hall–Kier alpha value is -2.38. The Balaban J connectivity index is 0.000000169. The van der Waals surface area contributed by atoms with Crippen LogP contribution in [0.25, 0.3) is 21.2 Å². The van der Waals surface area contributed by atoms with Crippen LogP contribution in [0.2, 0.25) is 0 Å². The molecule has 1 aromatic heterocycles. The second-order valence-corrected chi connectivity index (χ2v) is 10.7.